The van der Waals surface area contributed by atoms with Crippen LogP contribution in [0.4, 0.5) is 0 Å². The van der Waals surface area contributed by atoms with E-state index in [2.05, 4.69) is 15.3 Å². The minimum absolute atomic E-state index is 0.125. The molecule has 3 rings (SSSR count). The summed E-state index contributed by atoms with van der Waals surface area (Å²) in [6.07, 6.45) is 6.90. The van der Waals surface area contributed by atoms with Gasteiger partial charge in [-0.2, -0.15) is 5.10 Å². The number of likely N-dealkylation sites (tertiary alicyclic amines) is 1. The highest BCUT2D eigenvalue weighted by molar-refractivity contribution is 5.91. The molecule has 6 heteroatoms. The molecule has 1 aromatic heterocycles. The van der Waals surface area contributed by atoms with Crippen molar-refractivity contribution in [1.29, 1.82) is 0 Å². The van der Waals surface area contributed by atoms with E-state index in [0.717, 1.165) is 45.2 Å². The molecule has 1 unspecified atom stereocenters. The fourth-order valence-corrected chi connectivity index (χ4v) is 2.97. The van der Waals surface area contributed by atoms with Crippen molar-refractivity contribution in [3.63, 3.8) is 0 Å². The van der Waals surface area contributed by atoms with Gasteiger partial charge in [-0.15, -0.1) is 0 Å². The minimum Gasteiger partial charge on any atom is -0.380 e. The number of ether oxygens (including phenoxy) is 1. The van der Waals surface area contributed by atoms with E-state index in [1.165, 1.54) is 19.3 Å². The van der Waals surface area contributed by atoms with Crippen LogP contribution in [0, 0.1) is 5.92 Å². The molecular weight excluding hydrogens is 280 g/mol. The maximum absolute atomic E-state index is 11.6. The van der Waals surface area contributed by atoms with Crippen LogP contribution in [0.2, 0.25) is 0 Å². The molecule has 0 spiro atoms. The standard InChI is InChI=1S/C16H26N4O2/c1-17-16(21)15-6-8-20(18-15)14-3-2-7-19(11-14)9-10-22-12-13-4-5-13/h6,8,13-14H,2-5,7,9-12H2,1H3,(H,17,21). The third kappa shape index (κ3) is 4.08. The zero-order valence-corrected chi connectivity index (χ0v) is 13.3. The van der Waals surface area contributed by atoms with E-state index < -0.39 is 0 Å². The third-order valence-corrected chi connectivity index (χ3v) is 4.53. The third-order valence-electron chi connectivity index (χ3n) is 4.53. The summed E-state index contributed by atoms with van der Waals surface area (Å²) in [6.45, 7) is 4.87. The van der Waals surface area contributed by atoms with Crippen LogP contribution in [0.5, 0.6) is 0 Å². The van der Waals surface area contributed by atoms with Gasteiger partial charge in [0.2, 0.25) is 0 Å². The summed E-state index contributed by atoms with van der Waals surface area (Å²) in [6, 6.07) is 2.15. The second-order valence-corrected chi connectivity index (χ2v) is 6.38. The van der Waals surface area contributed by atoms with Crippen molar-refractivity contribution in [3.05, 3.63) is 18.0 Å². The average Bonchev–Trinajstić information content (AvgIpc) is 3.24. The Morgan fingerprint density at radius 2 is 2.32 bits per heavy atom. The number of rotatable bonds is 7. The lowest BCUT2D eigenvalue weighted by molar-refractivity contribution is 0.0790. The fourth-order valence-electron chi connectivity index (χ4n) is 2.97. The van der Waals surface area contributed by atoms with Crippen LogP contribution in [-0.2, 0) is 4.74 Å². The van der Waals surface area contributed by atoms with Gasteiger partial charge in [-0.05, 0) is 44.2 Å². The van der Waals surface area contributed by atoms with Crippen molar-refractivity contribution in [2.24, 2.45) is 5.92 Å². The van der Waals surface area contributed by atoms with Gasteiger partial charge in [0.1, 0.15) is 5.69 Å². The van der Waals surface area contributed by atoms with Crippen molar-refractivity contribution in [1.82, 2.24) is 20.0 Å². The molecule has 1 aromatic rings. The molecule has 2 aliphatic rings. The topological polar surface area (TPSA) is 59.4 Å². The van der Waals surface area contributed by atoms with Gasteiger partial charge >= 0.3 is 0 Å². The number of amides is 1. The summed E-state index contributed by atoms with van der Waals surface area (Å²) in [5, 5.41) is 7.03. The lowest BCUT2D eigenvalue weighted by Gasteiger charge is -2.32. The zero-order chi connectivity index (χ0) is 15.4. The van der Waals surface area contributed by atoms with Gasteiger partial charge in [0.05, 0.1) is 12.6 Å². The summed E-state index contributed by atoms with van der Waals surface area (Å²) >= 11 is 0. The fraction of sp³-hybridized carbons (Fsp3) is 0.750. The normalized spacial score (nSPS) is 22.7. The Balaban J connectivity index is 1.46. The molecule has 122 valence electrons. The summed E-state index contributed by atoms with van der Waals surface area (Å²) in [4.78, 5) is 14.0. The Labute approximate surface area is 131 Å². The van der Waals surface area contributed by atoms with E-state index >= 15 is 0 Å². The van der Waals surface area contributed by atoms with Gasteiger partial charge in [0.15, 0.2) is 0 Å². The van der Waals surface area contributed by atoms with E-state index in [4.69, 9.17) is 4.74 Å². The molecule has 1 aliphatic heterocycles. The lowest BCUT2D eigenvalue weighted by Crippen LogP contribution is -2.38. The number of hydrogen-bond donors (Lipinski definition) is 1. The number of hydrogen-bond acceptors (Lipinski definition) is 4. The SMILES string of the molecule is CNC(=O)c1ccn(C2CCCN(CCOCC3CC3)C2)n1. The highest BCUT2D eigenvalue weighted by Gasteiger charge is 2.23. The van der Waals surface area contributed by atoms with Gasteiger partial charge in [0.25, 0.3) is 5.91 Å². The highest BCUT2D eigenvalue weighted by atomic mass is 16.5. The van der Waals surface area contributed by atoms with E-state index in [1.807, 2.05) is 10.9 Å². The molecule has 1 atom stereocenters. The van der Waals surface area contributed by atoms with Gasteiger partial charge in [-0.3, -0.25) is 14.4 Å². The molecule has 2 heterocycles. The van der Waals surface area contributed by atoms with Crippen molar-refractivity contribution < 1.29 is 9.53 Å². The monoisotopic (exact) mass is 306 g/mol. The van der Waals surface area contributed by atoms with E-state index in [9.17, 15) is 4.79 Å². The summed E-state index contributed by atoms with van der Waals surface area (Å²) in [5.41, 5.74) is 0.493. The van der Waals surface area contributed by atoms with Crippen LogP contribution < -0.4 is 5.32 Å². The van der Waals surface area contributed by atoms with Gasteiger partial charge in [0, 0.05) is 32.9 Å². The first-order valence-electron chi connectivity index (χ1n) is 8.33. The number of carbonyl (C=O) groups excluding carboxylic acids is 1. The zero-order valence-electron chi connectivity index (χ0n) is 13.3. The Kier molecular flexibility index (Phi) is 5.10. The number of piperidine rings is 1. The van der Waals surface area contributed by atoms with Crippen LogP contribution in [0.25, 0.3) is 0 Å². The van der Waals surface area contributed by atoms with Crippen LogP contribution in [0.1, 0.15) is 42.2 Å². The maximum Gasteiger partial charge on any atom is 0.271 e. The summed E-state index contributed by atoms with van der Waals surface area (Å²) < 4.78 is 7.68. The first kappa shape index (κ1) is 15.5. The second kappa shape index (κ2) is 7.24. The van der Waals surface area contributed by atoms with Crippen molar-refractivity contribution in [2.75, 3.05) is 39.9 Å². The van der Waals surface area contributed by atoms with Crippen molar-refractivity contribution in [3.8, 4) is 0 Å². The molecule has 0 radical (unpaired) electrons. The first-order chi connectivity index (χ1) is 10.8. The van der Waals surface area contributed by atoms with Gasteiger partial charge in [-0.25, -0.2) is 0 Å². The number of nitrogens with zero attached hydrogens (tertiary/aromatic N) is 3. The predicted molar refractivity (Wildman–Crippen MR) is 83.9 cm³/mol. The molecule has 0 bridgehead atoms. The summed E-state index contributed by atoms with van der Waals surface area (Å²) in [5.74, 6) is 0.709. The number of carbonyl (C=O) groups is 1. The number of nitrogens with one attached hydrogen (secondary N) is 1. The molecular formula is C16H26N4O2. The van der Waals surface area contributed by atoms with Crippen LogP contribution >= 0.6 is 0 Å². The van der Waals surface area contributed by atoms with Crippen LogP contribution in [0.15, 0.2) is 12.3 Å². The molecule has 6 nitrogen and oxygen atoms in total. The second-order valence-electron chi connectivity index (χ2n) is 6.38. The number of aromatic nitrogens is 2. The van der Waals surface area contributed by atoms with Gasteiger partial charge in [-0.1, -0.05) is 0 Å². The average molecular weight is 306 g/mol. The smallest absolute Gasteiger partial charge is 0.271 e. The van der Waals surface area contributed by atoms with Gasteiger partial charge < -0.3 is 10.1 Å². The molecule has 1 aliphatic carbocycles. The van der Waals surface area contributed by atoms with Crippen molar-refractivity contribution in [2.45, 2.75) is 31.7 Å². The van der Waals surface area contributed by atoms with Crippen molar-refractivity contribution >= 4 is 5.91 Å². The molecule has 1 saturated carbocycles. The first-order valence-corrected chi connectivity index (χ1v) is 8.33. The van der Waals surface area contributed by atoms with Crippen LogP contribution in [0.3, 0.4) is 0 Å². The molecule has 1 N–H and O–H groups in total. The largest absolute Gasteiger partial charge is 0.380 e. The Bertz CT molecular complexity index is 498. The minimum atomic E-state index is -0.125. The quantitative estimate of drug-likeness (QED) is 0.772. The molecule has 1 amide bonds. The predicted octanol–water partition coefficient (Wildman–Crippen LogP) is 1.31. The van der Waals surface area contributed by atoms with E-state index in [-0.39, 0.29) is 5.91 Å². The lowest BCUT2D eigenvalue weighted by atomic mass is 10.1. The van der Waals surface area contributed by atoms with E-state index in [1.54, 1.807) is 13.1 Å². The highest BCUT2D eigenvalue weighted by Crippen LogP contribution is 2.28. The Morgan fingerprint density at radius 3 is 3.09 bits per heavy atom. The molecule has 1 saturated heterocycles. The Hall–Kier alpha value is -1.40. The maximum atomic E-state index is 11.6. The van der Waals surface area contributed by atoms with Crippen LogP contribution in [-0.4, -0.2) is 60.5 Å². The Morgan fingerprint density at radius 1 is 1.45 bits per heavy atom. The molecule has 2 fully saturated rings. The van der Waals surface area contributed by atoms with E-state index in [0.29, 0.717) is 11.7 Å². The molecule has 0 aromatic carbocycles. The molecule has 22 heavy (non-hydrogen) atoms. The summed E-state index contributed by atoms with van der Waals surface area (Å²) in [7, 11) is 1.63.